The van der Waals surface area contributed by atoms with Crippen LogP contribution >= 0.6 is 0 Å². The lowest BCUT2D eigenvalue weighted by Crippen LogP contribution is -2.29. The van der Waals surface area contributed by atoms with Crippen LogP contribution in [0.1, 0.15) is 24.8 Å². The topological polar surface area (TPSA) is 63.6 Å². The van der Waals surface area contributed by atoms with Gasteiger partial charge in [0.1, 0.15) is 5.82 Å². The first kappa shape index (κ1) is 12.5. The number of carbonyl (C=O) groups is 2. The lowest BCUT2D eigenvalue weighted by Gasteiger charge is -2.11. The molecule has 2 unspecified atom stereocenters. The Hall–Kier alpha value is -1.91. The molecule has 1 aliphatic carbocycles. The number of carboxylic acid groups (broad SMARTS) is 1. The Kier molecular flexibility index (Phi) is 3.07. The Balaban J connectivity index is 2.25. The fourth-order valence-electron chi connectivity index (χ4n) is 2.17. The van der Waals surface area contributed by atoms with Crippen molar-refractivity contribution in [1.82, 2.24) is 0 Å². The van der Waals surface area contributed by atoms with Crippen molar-refractivity contribution in [2.45, 2.75) is 19.3 Å². The third kappa shape index (κ3) is 1.85. The summed E-state index contributed by atoms with van der Waals surface area (Å²) in [6.07, 6.45) is 0.201. The molecule has 1 aromatic carbocycles. The minimum absolute atomic E-state index is 0.143. The van der Waals surface area contributed by atoms with Crippen LogP contribution in [0.25, 0.3) is 0 Å². The van der Waals surface area contributed by atoms with Crippen LogP contribution in [0.5, 0.6) is 0 Å². The Morgan fingerprint density at radius 2 is 2.06 bits per heavy atom. The zero-order valence-electron chi connectivity index (χ0n) is 9.85. The first-order valence-electron chi connectivity index (χ1n) is 5.68. The largest absolute Gasteiger partial charge is 0.480 e. The van der Waals surface area contributed by atoms with Crippen molar-refractivity contribution in [1.29, 1.82) is 0 Å². The number of aliphatic carboxylic acids is 1. The van der Waals surface area contributed by atoms with E-state index in [1.54, 1.807) is 6.92 Å². The second kappa shape index (κ2) is 4.40. The van der Waals surface area contributed by atoms with Crippen LogP contribution in [-0.4, -0.2) is 23.7 Å². The smallest absolute Gasteiger partial charge is 0.324 e. The van der Waals surface area contributed by atoms with Crippen molar-refractivity contribution in [2.75, 3.05) is 6.61 Å². The molecule has 0 spiro atoms. The van der Waals surface area contributed by atoms with E-state index in [4.69, 9.17) is 4.74 Å². The molecule has 0 bridgehead atoms. The lowest BCUT2D eigenvalue weighted by atomic mass is 9.99. The average molecular weight is 252 g/mol. The van der Waals surface area contributed by atoms with Gasteiger partial charge in [-0.2, -0.15) is 0 Å². The molecule has 2 rings (SSSR count). The monoisotopic (exact) mass is 252 g/mol. The minimum atomic E-state index is -1.49. The summed E-state index contributed by atoms with van der Waals surface area (Å²) >= 11 is 0. The van der Waals surface area contributed by atoms with E-state index in [0.717, 1.165) is 0 Å². The molecule has 96 valence electrons. The van der Waals surface area contributed by atoms with E-state index in [2.05, 4.69) is 0 Å². The molecule has 1 N–H and O–H groups in total. The third-order valence-corrected chi connectivity index (χ3v) is 3.25. The molecular weight excluding hydrogens is 239 g/mol. The van der Waals surface area contributed by atoms with Gasteiger partial charge in [-0.3, -0.25) is 9.59 Å². The van der Waals surface area contributed by atoms with Crippen molar-refractivity contribution in [3.05, 3.63) is 35.6 Å². The number of carbonyl (C=O) groups excluding carboxylic acids is 1. The normalized spacial score (nSPS) is 25.6. The molecule has 0 aromatic heterocycles. The molecule has 1 aromatic rings. The van der Waals surface area contributed by atoms with Crippen LogP contribution in [0.3, 0.4) is 0 Å². The quantitative estimate of drug-likeness (QED) is 0.657. The number of rotatable bonds is 4. The third-order valence-electron chi connectivity index (χ3n) is 3.25. The molecule has 0 radical (unpaired) electrons. The number of hydrogen-bond donors (Lipinski definition) is 1. The molecule has 18 heavy (non-hydrogen) atoms. The van der Waals surface area contributed by atoms with Gasteiger partial charge in [-0.05, 0) is 31.0 Å². The van der Waals surface area contributed by atoms with Crippen LogP contribution in [0.4, 0.5) is 4.39 Å². The SMILES string of the molecule is CCOC(=O)C1(C(=O)O)CC1c1ccc(F)cc1. The highest BCUT2D eigenvalue weighted by atomic mass is 19.1. The van der Waals surface area contributed by atoms with E-state index in [1.165, 1.54) is 24.3 Å². The second-order valence-corrected chi connectivity index (χ2v) is 4.31. The molecule has 4 nitrogen and oxygen atoms in total. The van der Waals surface area contributed by atoms with Crippen molar-refractivity contribution < 1.29 is 23.8 Å². The first-order valence-corrected chi connectivity index (χ1v) is 5.68. The fraction of sp³-hybridized carbons (Fsp3) is 0.385. The summed E-state index contributed by atoms with van der Waals surface area (Å²) < 4.78 is 17.6. The highest BCUT2D eigenvalue weighted by molar-refractivity contribution is 6.04. The Morgan fingerprint density at radius 3 is 2.56 bits per heavy atom. The van der Waals surface area contributed by atoms with Gasteiger partial charge < -0.3 is 9.84 Å². The first-order chi connectivity index (χ1) is 8.52. The van der Waals surface area contributed by atoms with Gasteiger partial charge in [0.15, 0.2) is 5.41 Å². The molecule has 2 atom stereocenters. The van der Waals surface area contributed by atoms with E-state index < -0.39 is 29.1 Å². The summed E-state index contributed by atoms with van der Waals surface area (Å²) in [6.45, 7) is 1.77. The van der Waals surface area contributed by atoms with Gasteiger partial charge in [0, 0.05) is 5.92 Å². The van der Waals surface area contributed by atoms with E-state index in [1.807, 2.05) is 0 Å². The van der Waals surface area contributed by atoms with Gasteiger partial charge >= 0.3 is 11.9 Å². The van der Waals surface area contributed by atoms with E-state index in [9.17, 15) is 19.1 Å². The number of esters is 1. The number of hydrogen-bond acceptors (Lipinski definition) is 3. The summed E-state index contributed by atoms with van der Waals surface area (Å²) in [4.78, 5) is 23.0. The summed E-state index contributed by atoms with van der Waals surface area (Å²) in [5.41, 5.74) is -0.847. The molecule has 0 amide bonds. The fourth-order valence-corrected chi connectivity index (χ4v) is 2.17. The summed E-state index contributed by atoms with van der Waals surface area (Å²) in [5, 5.41) is 9.21. The van der Waals surface area contributed by atoms with Crippen molar-refractivity contribution in [3.8, 4) is 0 Å². The predicted molar refractivity (Wildman–Crippen MR) is 60.5 cm³/mol. The van der Waals surface area contributed by atoms with Gasteiger partial charge in [0.05, 0.1) is 6.61 Å². The Bertz CT molecular complexity index is 482. The zero-order chi connectivity index (χ0) is 13.3. The number of ether oxygens (including phenoxy) is 1. The highest BCUT2D eigenvalue weighted by Gasteiger charge is 2.68. The maximum absolute atomic E-state index is 12.8. The van der Waals surface area contributed by atoms with Crippen LogP contribution in [-0.2, 0) is 14.3 Å². The van der Waals surface area contributed by atoms with Gasteiger partial charge in [-0.1, -0.05) is 12.1 Å². The number of halogens is 1. The van der Waals surface area contributed by atoms with Gasteiger partial charge in [-0.15, -0.1) is 0 Å². The molecule has 0 saturated heterocycles. The summed E-state index contributed by atoms with van der Waals surface area (Å²) in [5.74, 6) is -2.73. The number of benzene rings is 1. The molecule has 1 saturated carbocycles. The molecule has 5 heteroatoms. The molecule has 0 heterocycles. The van der Waals surface area contributed by atoms with E-state index >= 15 is 0 Å². The van der Waals surface area contributed by atoms with Crippen molar-refractivity contribution >= 4 is 11.9 Å². The molecule has 0 aliphatic heterocycles. The van der Waals surface area contributed by atoms with Gasteiger partial charge in [-0.25, -0.2) is 4.39 Å². The maximum Gasteiger partial charge on any atom is 0.324 e. The van der Waals surface area contributed by atoms with Crippen LogP contribution < -0.4 is 0 Å². The number of carboxylic acids is 1. The standard InChI is InChI=1S/C13H13FO4/c1-2-18-12(17)13(11(15)16)7-10(13)8-3-5-9(14)6-4-8/h3-6,10H,2,7H2,1H3,(H,15,16). The zero-order valence-corrected chi connectivity index (χ0v) is 9.85. The molecule has 1 aliphatic rings. The van der Waals surface area contributed by atoms with Gasteiger partial charge in [0.25, 0.3) is 0 Å². The average Bonchev–Trinajstić information content (AvgIpc) is 3.07. The Labute approximate surface area is 103 Å². The van der Waals surface area contributed by atoms with E-state index in [0.29, 0.717) is 5.56 Å². The molecule has 1 fully saturated rings. The highest BCUT2D eigenvalue weighted by Crippen LogP contribution is 2.60. The minimum Gasteiger partial charge on any atom is -0.480 e. The maximum atomic E-state index is 12.8. The van der Waals surface area contributed by atoms with Crippen molar-refractivity contribution in [2.24, 2.45) is 5.41 Å². The van der Waals surface area contributed by atoms with Gasteiger partial charge in [0.2, 0.25) is 0 Å². The Morgan fingerprint density at radius 1 is 1.44 bits per heavy atom. The van der Waals surface area contributed by atoms with Crippen LogP contribution in [0.2, 0.25) is 0 Å². The summed E-state index contributed by atoms with van der Waals surface area (Å²) in [7, 11) is 0. The van der Waals surface area contributed by atoms with Crippen LogP contribution in [0.15, 0.2) is 24.3 Å². The predicted octanol–water partition coefficient (Wildman–Crippen LogP) is 1.95. The lowest BCUT2D eigenvalue weighted by molar-refractivity contribution is -0.161. The molecular formula is C13H13FO4. The summed E-state index contributed by atoms with van der Waals surface area (Å²) in [6, 6.07) is 5.52. The van der Waals surface area contributed by atoms with E-state index in [-0.39, 0.29) is 13.0 Å². The van der Waals surface area contributed by atoms with Crippen molar-refractivity contribution in [3.63, 3.8) is 0 Å². The van der Waals surface area contributed by atoms with Crippen LogP contribution in [0, 0.1) is 11.2 Å². The second-order valence-electron chi connectivity index (χ2n) is 4.31.